The molecule has 2 saturated carbocycles. The summed E-state index contributed by atoms with van der Waals surface area (Å²) in [5.74, 6) is 4.37. The Morgan fingerprint density at radius 1 is 0.500 bits per heavy atom. The lowest BCUT2D eigenvalue weighted by atomic mass is 9.72. The molecule has 2 rings (SSSR count). The molecule has 0 aromatic carbocycles. The lowest BCUT2D eigenvalue weighted by Gasteiger charge is -2.34. The van der Waals surface area contributed by atoms with E-state index in [9.17, 15) is 0 Å². The predicted octanol–water partition coefficient (Wildman–Crippen LogP) is 7.76. The molecule has 0 unspecified atom stereocenters. The summed E-state index contributed by atoms with van der Waals surface area (Å²) in [5, 5.41) is 0. The van der Waals surface area contributed by atoms with Crippen LogP contribution in [-0.2, 0) is 0 Å². The first kappa shape index (κ1) is 18.3. The van der Waals surface area contributed by atoms with Gasteiger partial charge in [-0.2, -0.15) is 0 Å². The molecule has 22 heavy (non-hydrogen) atoms. The third kappa shape index (κ3) is 6.63. The molecule has 2 aliphatic rings. The zero-order valence-corrected chi connectivity index (χ0v) is 15.6. The molecule has 0 amide bonds. The Hall–Kier alpha value is 0. The smallest absolute Gasteiger partial charge is 0.0411 e. The fourth-order valence-electron chi connectivity index (χ4n) is 5.25. The van der Waals surface area contributed by atoms with Crippen LogP contribution in [0.5, 0.6) is 0 Å². The highest BCUT2D eigenvalue weighted by Crippen LogP contribution is 2.40. The van der Waals surface area contributed by atoms with Crippen molar-refractivity contribution in [3.05, 3.63) is 0 Å². The Bertz CT molecular complexity index is 253. The second-order valence-corrected chi connectivity index (χ2v) is 8.65. The maximum atomic E-state index is 2.35. The van der Waals surface area contributed by atoms with Gasteiger partial charge in [0.1, 0.15) is 0 Å². The van der Waals surface area contributed by atoms with E-state index in [0.29, 0.717) is 0 Å². The first-order valence-corrected chi connectivity index (χ1v) is 10.8. The van der Waals surface area contributed by atoms with Crippen LogP contribution >= 0.6 is 0 Å². The molecule has 0 radical (unpaired) electrons. The second kappa shape index (κ2) is 10.7. The molecule has 130 valence electrons. The summed E-state index contributed by atoms with van der Waals surface area (Å²) in [4.78, 5) is 0. The second-order valence-electron chi connectivity index (χ2n) is 8.65. The molecule has 0 heterocycles. The van der Waals surface area contributed by atoms with E-state index in [2.05, 4.69) is 13.8 Å². The van der Waals surface area contributed by atoms with Gasteiger partial charge in [0.2, 0.25) is 0 Å². The molecular weight excluding hydrogens is 264 g/mol. The quantitative estimate of drug-likeness (QED) is 0.382. The van der Waals surface area contributed by atoms with E-state index in [1.807, 2.05) is 0 Å². The first-order valence-electron chi connectivity index (χ1n) is 10.8. The van der Waals surface area contributed by atoms with Gasteiger partial charge in [0.05, 0.1) is 0 Å². The molecule has 0 heteroatoms. The monoisotopic (exact) mass is 306 g/mol. The molecular formula is C22H42. The van der Waals surface area contributed by atoms with Crippen LogP contribution in [0.25, 0.3) is 0 Å². The minimum absolute atomic E-state index is 1.08. The van der Waals surface area contributed by atoms with Crippen molar-refractivity contribution in [2.75, 3.05) is 0 Å². The number of hydrogen-bond acceptors (Lipinski definition) is 0. The average molecular weight is 307 g/mol. The van der Waals surface area contributed by atoms with E-state index in [-0.39, 0.29) is 0 Å². The van der Waals surface area contributed by atoms with Gasteiger partial charge in [-0.3, -0.25) is 0 Å². The summed E-state index contributed by atoms with van der Waals surface area (Å²) in [7, 11) is 0. The van der Waals surface area contributed by atoms with Crippen LogP contribution in [0.4, 0.5) is 0 Å². The maximum Gasteiger partial charge on any atom is -0.0411 e. The van der Waals surface area contributed by atoms with Crippen LogP contribution in [0.15, 0.2) is 0 Å². The summed E-state index contributed by atoms with van der Waals surface area (Å²) in [6.07, 6.45) is 24.3. The zero-order valence-electron chi connectivity index (χ0n) is 15.6. The summed E-state index contributed by atoms with van der Waals surface area (Å²) in [6, 6.07) is 0. The van der Waals surface area contributed by atoms with E-state index in [0.717, 1.165) is 23.7 Å². The lowest BCUT2D eigenvalue weighted by Crippen LogP contribution is -2.21. The van der Waals surface area contributed by atoms with Crippen LogP contribution in [0.3, 0.4) is 0 Å². The molecule has 2 aliphatic carbocycles. The van der Waals surface area contributed by atoms with Crippen molar-refractivity contribution in [3.63, 3.8) is 0 Å². The molecule has 0 aliphatic heterocycles. The lowest BCUT2D eigenvalue weighted by molar-refractivity contribution is 0.183. The van der Waals surface area contributed by atoms with E-state index >= 15 is 0 Å². The highest BCUT2D eigenvalue weighted by Gasteiger charge is 2.26. The minimum atomic E-state index is 1.08. The fraction of sp³-hybridized carbons (Fsp3) is 1.00. The van der Waals surface area contributed by atoms with E-state index in [1.54, 1.807) is 57.8 Å². The number of hydrogen-bond donors (Lipinski definition) is 0. The predicted molar refractivity (Wildman–Crippen MR) is 99.2 cm³/mol. The molecule has 0 aromatic heterocycles. The molecule has 0 bridgehead atoms. The SMILES string of the molecule is CCCCCC[C@H]1CC[C@H](C[C@H]2CC[C@H](CCC)CC2)CC1. The summed E-state index contributed by atoms with van der Waals surface area (Å²) >= 11 is 0. The Balaban J connectivity index is 1.54. The Labute approximate surface area is 140 Å². The van der Waals surface area contributed by atoms with Crippen LogP contribution in [0.2, 0.25) is 0 Å². The molecule has 0 saturated heterocycles. The van der Waals surface area contributed by atoms with Gasteiger partial charge in [0.15, 0.2) is 0 Å². The number of rotatable bonds is 9. The highest BCUT2D eigenvalue weighted by molar-refractivity contribution is 4.78. The van der Waals surface area contributed by atoms with Gasteiger partial charge >= 0.3 is 0 Å². The van der Waals surface area contributed by atoms with Crippen molar-refractivity contribution in [2.24, 2.45) is 23.7 Å². The summed E-state index contributed by atoms with van der Waals surface area (Å²) in [5.41, 5.74) is 0. The van der Waals surface area contributed by atoms with Gasteiger partial charge in [-0.15, -0.1) is 0 Å². The molecule has 0 N–H and O–H groups in total. The molecule has 2 fully saturated rings. The molecule has 0 atom stereocenters. The minimum Gasteiger partial charge on any atom is -0.0654 e. The fourth-order valence-corrected chi connectivity index (χ4v) is 5.25. The van der Waals surface area contributed by atoms with Gasteiger partial charge in [-0.1, -0.05) is 110 Å². The molecule has 0 aromatic rings. The normalized spacial score (nSPS) is 33.0. The number of unbranched alkanes of at least 4 members (excludes halogenated alkanes) is 3. The van der Waals surface area contributed by atoms with Crippen molar-refractivity contribution in [1.29, 1.82) is 0 Å². The maximum absolute atomic E-state index is 2.35. The summed E-state index contributed by atoms with van der Waals surface area (Å²) in [6.45, 7) is 4.67. The Morgan fingerprint density at radius 2 is 1.00 bits per heavy atom. The molecule has 0 nitrogen and oxygen atoms in total. The standard InChI is InChI=1S/C22H42/c1-3-5-6-7-9-20-12-16-22(17-13-20)18-21-14-10-19(8-4-2)11-15-21/h19-22H,3-18H2,1-2H3/t19-,20-,21-,22-. The largest absolute Gasteiger partial charge is 0.0654 e. The van der Waals surface area contributed by atoms with E-state index in [4.69, 9.17) is 0 Å². The average Bonchev–Trinajstić information content (AvgIpc) is 2.55. The third-order valence-corrected chi connectivity index (χ3v) is 6.76. The Kier molecular flexibility index (Phi) is 8.93. The van der Waals surface area contributed by atoms with Crippen molar-refractivity contribution in [2.45, 2.75) is 117 Å². The van der Waals surface area contributed by atoms with Gasteiger partial charge in [0.25, 0.3) is 0 Å². The van der Waals surface area contributed by atoms with Gasteiger partial charge in [0, 0.05) is 0 Å². The van der Waals surface area contributed by atoms with E-state index < -0.39 is 0 Å². The van der Waals surface area contributed by atoms with Crippen LogP contribution in [0, 0.1) is 23.7 Å². The van der Waals surface area contributed by atoms with Crippen LogP contribution in [-0.4, -0.2) is 0 Å². The zero-order chi connectivity index (χ0) is 15.6. The van der Waals surface area contributed by atoms with Gasteiger partial charge < -0.3 is 0 Å². The molecule has 0 spiro atoms. The van der Waals surface area contributed by atoms with Crippen LogP contribution < -0.4 is 0 Å². The van der Waals surface area contributed by atoms with E-state index in [1.165, 1.54) is 44.9 Å². The Morgan fingerprint density at radius 3 is 1.50 bits per heavy atom. The van der Waals surface area contributed by atoms with Crippen molar-refractivity contribution < 1.29 is 0 Å². The van der Waals surface area contributed by atoms with Crippen molar-refractivity contribution in [1.82, 2.24) is 0 Å². The van der Waals surface area contributed by atoms with Gasteiger partial charge in [-0.25, -0.2) is 0 Å². The van der Waals surface area contributed by atoms with Crippen molar-refractivity contribution in [3.8, 4) is 0 Å². The topological polar surface area (TPSA) is 0 Å². The first-order chi connectivity index (χ1) is 10.8. The van der Waals surface area contributed by atoms with Crippen molar-refractivity contribution >= 4 is 0 Å². The highest BCUT2D eigenvalue weighted by atomic mass is 14.3. The van der Waals surface area contributed by atoms with Crippen LogP contribution in [0.1, 0.15) is 117 Å². The third-order valence-electron chi connectivity index (χ3n) is 6.76. The van der Waals surface area contributed by atoms with Gasteiger partial charge in [-0.05, 0) is 30.1 Å². The summed E-state index contributed by atoms with van der Waals surface area (Å²) < 4.78 is 0.